The molecular formula is C19H21NO5. The van der Waals surface area contributed by atoms with Gasteiger partial charge in [-0.15, -0.1) is 0 Å². The second-order valence-electron chi connectivity index (χ2n) is 5.32. The van der Waals surface area contributed by atoms with Crippen molar-refractivity contribution in [3.63, 3.8) is 0 Å². The fraction of sp³-hybridized carbons (Fsp3) is 0.263. The molecule has 0 bridgehead atoms. The van der Waals surface area contributed by atoms with Crippen LogP contribution < -0.4 is 14.8 Å². The molecule has 1 unspecified atom stereocenters. The molecule has 2 aromatic carbocycles. The second-order valence-corrected chi connectivity index (χ2v) is 5.32. The highest BCUT2D eigenvalue weighted by Crippen LogP contribution is 2.29. The normalized spacial score (nSPS) is 11.3. The maximum absolute atomic E-state index is 12.2. The molecule has 1 atom stereocenters. The van der Waals surface area contributed by atoms with E-state index >= 15 is 0 Å². The van der Waals surface area contributed by atoms with Crippen LogP contribution in [0.4, 0.5) is 0 Å². The monoisotopic (exact) mass is 343 g/mol. The van der Waals surface area contributed by atoms with E-state index in [0.29, 0.717) is 23.6 Å². The summed E-state index contributed by atoms with van der Waals surface area (Å²) in [6.07, 6.45) is -0.721. The molecule has 0 fully saturated rings. The van der Waals surface area contributed by atoms with Crippen molar-refractivity contribution in [2.24, 2.45) is 0 Å². The summed E-state index contributed by atoms with van der Waals surface area (Å²) < 4.78 is 15.6. The summed E-state index contributed by atoms with van der Waals surface area (Å²) in [5.41, 5.74) is 1.34. The zero-order valence-electron chi connectivity index (χ0n) is 14.4. The first-order valence-electron chi connectivity index (χ1n) is 7.79. The Morgan fingerprint density at radius 2 is 1.76 bits per heavy atom. The first kappa shape index (κ1) is 18.3. The average Bonchev–Trinajstić information content (AvgIpc) is 2.66. The molecule has 0 saturated carbocycles. The number of benzene rings is 2. The fourth-order valence-electron chi connectivity index (χ4n) is 2.18. The van der Waals surface area contributed by atoms with E-state index in [1.165, 1.54) is 20.3 Å². The first-order chi connectivity index (χ1) is 12.0. The predicted octanol–water partition coefficient (Wildman–Crippen LogP) is 2.57. The van der Waals surface area contributed by atoms with Crippen molar-refractivity contribution in [3.05, 3.63) is 59.7 Å². The molecule has 0 aliphatic rings. The number of hydrogen-bond acceptors (Lipinski definition) is 5. The number of hydrogen-bond donors (Lipinski definition) is 1. The van der Waals surface area contributed by atoms with Gasteiger partial charge in [-0.2, -0.15) is 0 Å². The maximum atomic E-state index is 12.2. The summed E-state index contributed by atoms with van der Waals surface area (Å²) in [7, 11) is 2.77. The molecule has 0 heterocycles. The molecule has 6 nitrogen and oxygen atoms in total. The van der Waals surface area contributed by atoms with Crippen molar-refractivity contribution in [1.82, 2.24) is 5.32 Å². The molecule has 6 heteroatoms. The van der Waals surface area contributed by atoms with Gasteiger partial charge in [0.1, 0.15) is 0 Å². The van der Waals surface area contributed by atoms with E-state index in [0.717, 1.165) is 5.56 Å². The standard InChI is InChI=1S/C19H21NO5/c1-13(18(21)20-12-14-7-5-4-6-8-14)25-16-10-9-15(19(22)24-3)11-17(16)23-2/h4-11,13H,12H2,1-3H3,(H,20,21). The minimum Gasteiger partial charge on any atom is -0.493 e. The summed E-state index contributed by atoms with van der Waals surface area (Å²) in [6.45, 7) is 2.07. The Kier molecular flexibility index (Phi) is 6.39. The van der Waals surface area contributed by atoms with Gasteiger partial charge >= 0.3 is 5.97 Å². The molecule has 0 aliphatic heterocycles. The Labute approximate surface area is 146 Å². The van der Waals surface area contributed by atoms with Crippen LogP contribution in [0.3, 0.4) is 0 Å². The van der Waals surface area contributed by atoms with Crippen LogP contribution in [-0.2, 0) is 16.1 Å². The van der Waals surface area contributed by atoms with E-state index in [2.05, 4.69) is 10.1 Å². The number of ether oxygens (including phenoxy) is 3. The van der Waals surface area contributed by atoms with Crippen molar-refractivity contribution in [2.45, 2.75) is 19.6 Å². The Morgan fingerprint density at radius 1 is 1.04 bits per heavy atom. The van der Waals surface area contributed by atoms with Crippen LogP contribution in [0.15, 0.2) is 48.5 Å². The largest absolute Gasteiger partial charge is 0.493 e. The highest BCUT2D eigenvalue weighted by Gasteiger charge is 2.18. The van der Waals surface area contributed by atoms with Crippen LogP contribution in [0.1, 0.15) is 22.8 Å². The van der Waals surface area contributed by atoms with Crippen molar-refractivity contribution >= 4 is 11.9 Å². The highest BCUT2D eigenvalue weighted by atomic mass is 16.5. The topological polar surface area (TPSA) is 73.9 Å². The fourth-order valence-corrected chi connectivity index (χ4v) is 2.18. The van der Waals surface area contributed by atoms with Crippen molar-refractivity contribution in [1.29, 1.82) is 0 Å². The highest BCUT2D eigenvalue weighted by molar-refractivity contribution is 5.90. The number of amides is 1. The molecule has 132 valence electrons. The lowest BCUT2D eigenvalue weighted by Crippen LogP contribution is -2.36. The molecule has 1 amide bonds. The number of methoxy groups -OCH3 is 2. The van der Waals surface area contributed by atoms with Gasteiger partial charge in [-0.05, 0) is 30.7 Å². The lowest BCUT2D eigenvalue weighted by molar-refractivity contribution is -0.127. The molecule has 0 aliphatic carbocycles. The molecule has 2 rings (SSSR count). The van der Waals surface area contributed by atoms with E-state index < -0.39 is 12.1 Å². The molecule has 0 aromatic heterocycles. The number of esters is 1. The molecule has 25 heavy (non-hydrogen) atoms. The second kappa shape index (κ2) is 8.73. The van der Waals surface area contributed by atoms with Gasteiger partial charge in [-0.1, -0.05) is 30.3 Å². The Hall–Kier alpha value is -3.02. The summed E-state index contributed by atoms with van der Waals surface area (Å²) >= 11 is 0. The van der Waals surface area contributed by atoms with Crippen LogP contribution in [0.25, 0.3) is 0 Å². The Balaban J connectivity index is 2.00. The van der Waals surface area contributed by atoms with Gasteiger partial charge in [0.2, 0.25) is 0 Å². The van der Waals surface area contributed by atoms with E-state index in [1.54, 1.807) is 19.1 Å². The quantitative estimate of drug-likeness (QED) is 0.782. The lowest BCUT2D eigenvalue weighted by atomic mass is 10.2. The third-order valence-corrected chi connectivity index (χ3v) is 3.57. The number of rotatable bonds is 7. The van der Waals surface area contributed by atoms with Gasteiger partial charge in [0.25, 0.3) is 5.91 Å². The molecule has 0 spiro atoms. The summed E-state index contributed by atoms with van der Waals surface area (Å²) in [5.74, 6) is 0.00424. The molecule has 1 N–H and O–H groups in total. The maximum Gasteiger partial charge on any atom is 0.337 e. The van der Waals surface area contributed by atoms with Crippen LogP contribution in [0.5, 0.6) is 11.5 Å². The molecule has 0 radical (unpaired) electrons. The van der Waals surface area contributed by atoms with E-state index in [9.17, 15) is 9.59 Å². The van der Waals surface area contributed by atoms with Crippen LogP contribution in [0.2, 0.25) is 0 Å². The minimum absolute atomic E-state index is 0.247. The van der Waals surface area contributed by atoms with E-state index in [-0.39, 0.29) is 5.91 Å². The van der Waals surface area contributed by atoms with Gasteiger partial charge in [-0.3, -0.25) is 4.79 Å². The number of carbonyl (C=O) groups excluding carboxylic acids is 2. The van der Waals surface area contributed by atoms with Crippen LogP contribution >= 0.6 is 0 Å². The van der Waals surface area contributed by atoms with Crippen molar-refractivity contribution in [3.8, 4) is 11.5 Å². The average molecular weight is 343 g/mol. The molecule has 2 aromatic rings. The first-order valence-corrected chi connectivity index (χ1v) is 7.79. The van der Waals surface area contributed by atoms with E-state index in [4.69, 9.17) is 9.47 Å². The summed E-state index contributed by atoms with van der Waals surface area (Å²) in [4.78, 5) is 23.8. The molecule has 0 saturated heterocycles. The van der Waals surface area contributed by atoms with Gasteiger partial charge in [0.15, 0.2) is 17.6 Å². The predicted molar refractivity (Wildman–Crippen MR) is 92.7 cm³/mol. The van der Waals surface area contributed by atoms with Crippen LogP contribution in [0, 0.1) is 0 Å². The summed E-state index contributed by atoms with van der Waals surface area (Å²) in [6, 6.07) is 14.2. The minimum atomic E-state index is -0.721. The van der Waals surface area contributed by atoms with Gasteiger partial charge in [0.05, 0.1) is 19.8 Å². The van der Waals surface area contributed by atoms with E-state index in [1.807, 2.05) is 30.3 Å². The summed E-state index contributed by atoms with van der Waals surface area (Å²) in [5, 5.41) is 2.82. The van der Waals surface area contributed by atoms with Crippen LogP contribution in [-0.4, -0.2) is 32.2 Å². The third-order valence-electron chi connectivity index (χ3n) is 3.57. The van der Waals surface area contributed by atoms with Gasteiger partial charge in [-0.25, -0.2) is 4.79 Å². The lowest BCUT2D eigenvalue weighted by Gasteiger charge is -2.17. The Morgan fingerprint density at radius 3 is 2.40 bits per heavy atom. The zero-order valence-corrected chi connectivity index (χ0v) is 14.4. The zero-order chi connectivity index (χ0) is 18.2. The third kappa shape index (κ3) is 4.97. The number of carbonyl (C=O) groups is 2. The number of nitrogens with one attached hydrogen (secondary N) is 1. The van der Waals surface area contributed by atoms with Gasteiger partial charge in [0, 0.05) is 6.54 Å². The SMILES string of the molecule is COC(=O)c1ccc(OC(C)C(=O)NCc2ccccc2)c(OC)c1. The molecular weight excluding hydrogens is 322 g/mol. The van der Waals surface area contributed by atoms with Crippen molar-refractivity contribution in [2.75, 3.05) is 14.2 Å². The Bertz CT molecular complexity index is 730. The van der Waals surface area contributed by atoms with Gasteiger partial charge < -0.3 is 19.5 Å². The smallest absolute Gasteiger partial charge is 0.337 e. The van der Waals surface area contributed by atoms with Crippen molar-refractivity contribution < 1.29 is 23.8 Å².